The Bertz CT molecular complexity index is 540. The molecule has 0 spiro atoms. The second-order valence-corrected chi connectivity index (χ2v) is 5.98. The molecule has 0 fully saturated rings. The fraction of sp³-hybridized carbons (Fsp3) is 0.462. The summed E-state index contributed by atoms with van der Waals surface area (Å²) in [5.74, 6) is -0.207. The van der Waals surface area contributed by atoms with E-state index in [4.69, 9.17) is 0 Å². The summed E-state index contributed by atoms with van der Waals surface area (Å²) in [5.41, 5.74) is 0.914. The molecule has 0 amide bonds. The molecule has 5 nitrogen and oxygen atoms in total. The molecule has 2 rings (SSSR count). The van der Waals surface area contributed by atoms with Gasteiger partial charge in [0.1, 0.15) is 5.01 Å². The normalized spacial score (nSPS) is 12.1. The minimum Gasteiger partial charge on any atom is -0.469 e. The highest BCUT2D eigenvalue weighted by Gasteiger charge is 2.14. The van der Waals surface area contributed by atoms with E-state index in [0.29, 0.717) is 12.8 Å². The first kappa shape index (κ1) is 14.9. The highest BCUT2D eigenvalue weighted by molar-refractivity contribution is 7.13. The van der Waals surface area contributed by atoms with Crippen LogP contribution in [0.4, 0.5) is 5.13 Å². The molecule has 1 atom stereocenters. The molecule has 0 saturated carbocycles. The molecule has 7 heteroatoms. The van der Waals surface area contributed by atoms with Crippen molar-refractivity contribution in [1.82, 2.24) is 9.97 Å². The number of carbonyl (C=O) groups excluding carboxylic acids is 1. The van der Waals surface area contributed by atoms with E-state index in [1.54, 1.807) is 22.7 Å². The number of carbonyl (C=O) groups is 1. The molecule has 1 N–H and O–H groups in total. The van der Waals surface area contributed by atoms with Gasteiger partial charge in [0.15, 0.2) is 5.13 Å². The predicted octanol–water partition coefficient (Wildman–Crippen LogP) is 3.27. The summed E-state index contributed by atoms with van der Waals surface area (Å²) in [4.78, 5) is 19.9. The number of ether oxygens (including phenoxy) is 1. The number of methoxy groups -OCH3 is 1. The average Bonchev–Trinajstić information content (AvgIpc) is 3.13. The smallest absolute Gasteiger partial charge is 0.305 e. The van der Waals surface area contributed by atoms with Crippen LogP contribution in [-0.4, -0.2) is 23.0 Å². The maximum absolute atomic E-state index is 11.1. The molecule has 0 aliphatic heterocycles. The highest BCUT2D eigenvalue weighted by atomic mass is 32.1. The molecule has 2 heterocycles. The maximum atomic E-state index is 11.1. The minimum absolute atomic E-state index is 0.189. The zero-order chi connectivity index (χ0) is 14.4. The van der Waals surface area contributed by atoms with Gasteiger partial charge < -0.3 is 10.1 Å². The number of thiazole rings is 2. The molecule has 0 bridgehead atoms. The van der Waals surface area contributed by atoms with Gasteiger partial charge in [-0.15, -0.1) is 22.7 Å². The molecule has 0 aliphatic rings. The van der Waals surface area contributed by atoms with Gasteiger partial charge in [0.05, 0.1) is 25.3 Å². The van der Waals surface area contributed by atoms with Gasteiger partial charge in [0, 0.05) is 23.4 Å². The van der Waals surface area contributed by atoms with Gasteiger partial charge in [-0.1, -0.05) is 6.92 Å². The van der Waals surface area contributed by atoms with Crippen LogP contribution in [0.25, 0.3) is 0 Å². The van der Waals surface area contributed by atoms with Gasteiger partial charge in [0.2, 0.25) is 0 Å². The van der Waals surface area contributed by atoms with E-state index in [-0.39, 0.29) is 12.0 Å². The zero-order valence-electron chi connectivity index (χ0n) is 11.5. The lowest BCUT2D eigenvalue weighted by Crippen LogP contribution is -2.09. The van der Waals surface area contributed by atoms with Crippen molar-refractivity contribution in [3.8, 4) is 0 Å². The monoisotopic (exact) mass is 311 g/mol. The fourth-order valence-corrected chi connectivity index (χ4v) is 3.29. The predicted molar refractivity (Wildman–Crippen MR) is 81.2 cm³/mol. The van der Waals surface area contributed by atoms with E-state index in [9.17, 15) is 4.79 Å². The van der Waals surface area contributed by atoms with Crippen LogP contribution in [0.5, 0.6) is 0 Å². The summed E-state index contributed by atoms with van der Waals surface area (Å²) >= 11 is 3.19. The molecule has 1 unspecified atom stereocenters. The Hall–Kier alpha value is -1.47. The Morgan fingerprint density at radius 3 is 3.00 bits per heavy atom. The van der Waals surface area contributed by atoms with E-state index in [0.717, 1.165) is 22.3 Å². The molecule has 0 radical (unpaired) electrons. The Morgan fingerprint density at radius 2 is 2.35 bits per heavy atom. The van der Waals surface area contributed by atoms with Crippen molar-refractivity contribution in [3.63, 3.8) is 0 Å². The number of aromatic nitrogens is 2. The number of rotatable bonds is 7. The first-order chi connectivity index (χ1) is 9.72. The van der Waals surface area contributed by atoms with Crippen LogP contribution in [-0.2, 0) is 16.0 Å². The maximum Gasteiger partial charge on any atom is 0.305 e. The van der Waals surface area contributed by atoms with Gasteiger partial charge in [0.25, 0.3) is 0 Å². The Morgan fingerprint density at radius 1 is 1.50 bits per heavy atom. The standard InChI is InChI=1S/C13H17N3O2S2/c1-3-10(12-14-6-7-19-12)16-13-15-9(8-20-13)4-5-11(17)18-2/h6-8,10H,3-5H2,1-2H3,(H,15,16). The number of hydrogen-bond donors (Lipinski definition) is 1. The SMILES string of the molecule is CCC(Nc1nc(CCC(=O)OC)cs1)c1nccs1. The van der Waals surface area contributed by atoms with E-state index in [2.05, 4.69) is 26.9 Å². The Kier molecular flexibility index (Phi) is 5.49. The second-order valence-electron chi connectivity index (χ2n) is 4.20. The Labute approximate surface area is 126 Å². The first-order valence-corrected chi connectivity index (χ1v) is 8.16. The van der Waals surface area contributed by atoms with Gasteiger partial charge in [-0.3, -0.25) is 4.79 Å². The van der Waals surface area contributed by atoms with Gasteiger partial charge >= 0.3 is 5.97 Å². The third kappa shape index (κ3) is 4.01. The van der Waals surface area contributed by atoms with Crippen molar-refractivity contribution < 1.29 is 9.53 Å². The first-order valence-electron chi connectivity index (χ1n) is 6.40. The number of hydrogen-bond acceptors (Lipinski definition) is 7. The summed E-state index contributed by atoms with van der Waals surface area (Å²) in [6.45, 7) is 2.12. The van der Waals surface area contributed by atoms with Gasteiger partial charge in [-0.05, 0) is 6.42 Å². The molecule has 2 aromatic heterocycles. The average molecular weight is 311 g/mol. The summed E-state index contributed by atoms with van der Waals surface area (Å²) < 4.78 is 4.62. The summed E-state index contributed by atoms with van der Waals surface area (Å²) in [6.07, 6.45) is 3.74. The molecule has 0 aliphatic carbocycles. The van der Waals surface area contributed by atoms with Crippen LogP contribution in [0.3, 0.4) is 0 Å². The van der Waals surface area contributed by atoms with E-state index < -0.39 is 0 Å². The van der Waals surface area contributed by atoms with Crippen molar-refractivity contribution >= 4 is 33.8 Å². The molecule has 108 valence electrons. The molecule has 0 aromatic carbocycles. The number of nitrogens with one attached hydrogen (secondary N) is 1. The van der Waals surface area contributed by atoms with Crippen LogP contribution in [0, 0.1) is 0 Å². The topological polar surface area (TPSA) is 64.1 Å². The van der Waals surface area contributed by atoms with Crippen LogP contribution in [0.2, 0.25) is 0 Å². The van der Waals surface area contributed by atoms with Gasteiger partial charge in [-0.2, -0.15) is 0 Å². The summed E-state index contributed by atoms with van der Waals surface area (Å²) in [6, 6.07) is 0.189. The van der Waals surface area contributed by atoms with Crippen molar-refractivity contribution in [1.29, 1.82) is 0 Å². The molecular weight excluding hydrogens is 294 g/mol. The number of nitrogens with zero attached hydrogens (tertiary/aromatic N) is 2. The zero-order valence-corrected chi connectivity index (χ0v) is 13.1. The lowest BCUT2D eigenvalue weighted by Gasteiger charge is -2.12. The van der Waals surface area contributed by atoms with Crippen LogP contribution < -0.4 is 5.32 Å². The lowest BCUT2D eigenvalue weighted by molar-refractivity contribution is -0.140. The third-order valence-corrected chi connectivity index (χ3v) is 4.53. The van der Waals surface area contributed by atoms with Crippen LogP contribution in [0.1, 0.15) is 36.5 Å². The molecule has 0 saturated heterocycles. The van der Waals surface area contributed by atoms with Crippen LogP contribution >= 0.6 is 22.7 Å². The van der Waals surface area contributed by atoms with E-state index in [1.807, 2.05) is 17.0 Å². The van der Waals surface area contributed by atoms with E-state index in [1.165, 1.54) is 7.11 Å². The lowest BCUT2D eigenvalue weighted by atomic mass is 10.2. The van der Waals surface area contributed by atoms with E-state index >= 15 is 0 Å². The van der Waals surface area contributed by atoms with Crippen LogP contribution in [0.15, 0.2) is 17.0 Å². The minimum atomic E-state index is -0.207. The van der Waals surface area contributed by atoms with Crippen molar-refractivity contribution in [2.75, 3.05) is 12.4 Å². The molecular formula is C13H17N3O2S2. The van der Waals surface area contributed by atoms with Crippen molar-refractivity contribution in [3.05, 3.63) is 27.7 Å². The largest absolute Gasteiger partial charge is 0.469 e. The fourth-order valence-electron chi connectivity index (χ4n) is 1.71. The highest BCUT2D eigenvalue weighted by Crippen LogP contribution is 2.26. The summed E-state index contributed by atoms with van der Waals surface area (Å²) in [5, 5.41) is 9.28. The number of aryl methyl sites for hydroxylation is 1. The third-order valence-electron chi connectivity index (χ3n) is 2.82. The van der Waals surface area contributed by atoms with Crippen molar-refractivity contribution in [2.24, 2.45) is 0 Å². The quantitative estimate of drug-likeness (QED) is 0.795. The van der Waals surface area contributed by atoms with Crippen molar-refractivity contribution in [2.45, 2.75) is 32.2 Å². The molecule has 20 heavy (non-hydrogen) atoms. The number of anilines is 1. The Balaban J connectivity index is 1.93. The molecule has 2 aromatic rings. The van der Waals surface area contributed by atoms with Gasteiger partial charge in [-0.25, -0.2) is 9.97 Å². The summed E-state index contributed by atoms with van der Waals surface area (Å²) in [7, 11) is 1.40. The second kappa shape index (κ2) is 7.35. The number of esters is 1.